The summed E-state index contributed by atoms with van der Waals surface area (Å²) < 4.78 is 16.0. The van der Waals surface area contributed by atoms with Crippen LogP contribution in [-0.2, 0) is 0 Å². The van der Waals surface area contributed by atoms with Gasteiger partial charge in [-0.3, -0.25) is 13.2 Å². The predicted octanol–water partition coefficient (Wildman–Crippen LogP) is 33.8. The maximum Gasteiger partial charge on any atom is 0.147 e. The van der Waals surface area contributed by atoms with Crippen molar-refractivity contribution in [1.82, 2.24) is 43.1 Å². The average molecular weight is 1760 g/mol. The van der Waals surface area contributed by atoms with Gasteiger partial charge in [0.25, 0.3) is 0 Å². The molecule has 11 heterocycles. The molecular weight excluding hydrogens is 1690 g/mol. The highest BCUT2D eigenvalue weighted by Gasteiger charge is 2.24. The van der Waals surface area contributed by atoms with Crippen LogP contribution in [0, 0.1) is 0 Å². The lowest BCUT2D eigenvalue weighted by Crippen LogP contribution is -1.94. The van der Waals surface area contributed by atoms with E-state index in [1.165, 1.54) is 91.4 Å². The Morgan fingerprint density at radius 2 is 0.496 bits per heavy atom. The van der Waals surface area contributed by atoms with Gasteiger partial charge in [0.1, 0.15) is 28.1 Å². The van der Waals surface area contributed by atoms with Crippen LogP contribution in [0.25, 0.3) is 289 Å². The summed E-state index contributed by atoms with van der Waals surface area (Å²) in [6, 6.07) is 158. The maximum absolute atomic E-state index is 6.38. The molecule has 0 spiro atoms. The fourth-order valence-electron chi connectivity index (χ4n) is 21.7. The van der Waals surface area contributed by atoms with E-state index in [-0.39, 0.29) is 0 Å². The lowest BCUT2D eigenvalue weighted by atomic mass is 9.91. The molecule has 0 fully saturated rings. The van der Waals surface area contributed by atoms with E-state index in [4.69, 9.17) is 34.3 Å². The largest absolute Gasteiger partial charge is 0.455 e. The number of hydrogen-bond donors (Lipinski definition) is 0. The summed E-state index contributed by atoms with van der Waals surface area (Å²) in [6.07, 6.45) is 0. The van der Waals surface area contributed by atoms with Gasteiger partial charge >= 0.3 is 0 Å². The lowest BCUT2D eigenvalue weighted by Gasteiger charge is -2.13. The zero-order chi connectivity index (χ0) is 89.6. The molecule has 31 aromatic rings. The normalized spacial score (nSPS) is 12.1. The minimum atomic E-state index is 0.908. The molecule has 10 nitrogen and oxygen atoms in total. The molecular formula is C126H73N9OS. The van der Waals surface area contributed by atoms with E-state index in [0.717, 1.165) is 198 Å². The second kappa shape index (κ2) is 30.2. The monoisotopic (exact) mass is 1760 g/mol. The average Bonchev–Trinajstić information content (AvgIpc) is 1.60. The molecule has 20 aromatic carbocycles. The van der Waals surface area contributed by atoms with E-state index in [1.54, 1.807) is 0 Å². The van der Waals surface area contributed by atoms with Gasteiger partial charge < -0.3 is 4.42 Å². The lowest BCUT2D eigenvalue weighted by molar-refractivity contribution is 0.670. The molecule has 11 heteroatoms. The summed E-state index contributed by atoms with van der Waals surface area (Å²) >= 11 is 1.86. The van der Waals surface area contributed by atoms with Crippen LogP contribution >= 0.6 is 11.3 Å². The number of furan rings is 1. The van der Waals surface area contributed by atoms with Crippen molar-refractivity contribution in [2.45, 2.75) is 0 Å². The van der Waals surface area contributed by atoms with Gasteiger partial charge in [0.2, 0.25) is 0 Å². The van der Waals surface area contributed by atoms with E-state index in [1.807, 2.05) is 41.7 Å². The molecule has 11 aromatic heterocycles. The number of nitrogens with zero attached hydrogens (tertiary/aromatic N) is 9. The van der Waals surface area contributed by atoms with Crippen LogP contribution < -0.4 is 0 Å². The van der Waals surface area contributed by atoms with E-state index >= 15 is 0 Å². The minimum absolute atomic E-state index is 0.908. The number of fused-ring (bicyclic) bond motifs is 39. The zero-order valence-corrected chi connectivity index (χ0v) is 74.3. The third kappa shape index (κ3) is 12.1. The SMILES string of the molecule is c1cc(-c2ccc3c4ccccc4c4ccccc4c3c2)cc(-c2ccc3c4nc5ccccc5cc4c4nc5ccccc5n4c3c2)c1.c1cc(-c2ccc3c4nc5ccccc5cc4c4nc5ccccc5n4c3c2)cc(-c2cccc3c2oc2ccccc23)c1.c1ccc2nc3c4ccc(-c5ccc(-c6ccc7sc8ccccc8c7c6)cc5)cc4n4c5ccccc5nc4c3cc2c1. The summed E-state index contributed by atoms with van der Waals surface area (Å²) in [7, 11) is 0. The number of aromatic nitrogens is 9. The molecule has 0 unspecified atom stereocenters. The first kappa shape index (κ1) is 76.5. The molecule has 0 N–H and O–H groups in total. The summed E-state index contributed by atoms with van der Waals surface area (Å²) in [6.45, 7) is 0. The standard InChI is InChI=1S/C46H27N3.C40H23N3O.C40H23N3S/c1-6-17-41-32(10-1)26-40-45(47-41)38-23-21-31(27-44(38)49-43-19-8-7-18-42(43)48-46(40)49)29-12-9-11-28(24-29)30-20-22-37-35-15-3-2-13-33(35)34-14-4-5-16-36(34)39(37)25-30;1-3-15-33-27(9-1)22-32-38(41-33)31-20-19-25(23-36(31)43-35-17-5-4-16-34(35)42-40(32)43)24-10-7-11-26(21-24)28-13-8-14-30-29-12-2-6-18-37(29)44-39(28)30;1-3-9-33-28(7-1)22-32-39(41-33)30-19-17-27(23-36(30)43-35-11-5-4-10-34(35)42-40(32)43)25-15-13-24(14-16-25)26-18-20-38-31(21-26)29-8-2-6-12-37(29)44-38/h1-27H;2*1-23H. The second-order valence-electron chi connectivity index (χ2n) is 35.9. The van der Waals surface area contributed by atoms with Gasteiger partial charge in [-0.05, 0) is 227 Å². The molecule has 0 bridgehead atoms. The molecule has 0 radical (unpaired) electrons. The van der Waals surface area contributed by atoms with E-state index in [2.05, 4.69) is 426 Å². The van der Waals surface area contributed by atoms with Crippen LogP contribution in [0.4, 0.5) is 0 Å². The number of rotatable bonds is 6. The fraction of sp³-hybridized carbons (Fsp3) is 0. The highest BCUT2D eigenvalue weighted by molar-refractivity contribution is 7.25. The Morgan fingerprint density at radius 3 is 0.985 bits per heavy atom. The highest BCUT2D eigenvalue weighted by Crippen LogP contribution is 2.46. The van der Waals surface area contributed by atoms with Gasteiger partial charge in [-0.15, -0.1) is 11.3 Å². The van der Waals surface area contributed by atoms with Crippen molar-refractivity contribution in [2.75, 3.05) is 0 Å². The van der Waals surface area contributed by atoms with Crippen LogP contribution in [0.5, 0.6) is 0 Å². The number of imidazole rings is 3. The molecule has 0 amide bonds. The van der Waals surface area contributed by atoms with Crippen molar-refractivity contribution in [3.63, 3.8) is 0 Å². The Balaban J connectivity index is 0.0000000996. The van der Waals surface area contributed by atoms with Gasteiger partial charge in [-0.1, -0.05) is 309 Å². The van der Waals surface area contributed by atoms with Gasteiger partial charge in [0.05, 0.1) is 82.8 Å². The molecule has 0 aliphatic heterocycles. The van der Waals surface area contributed by atoms with Crippen LogP contribution in [0.3, 0.4) is 0 Å². The molecule has 0 aliphatic carbocycles. The minimum Gasteiger partial charge on any atom is -0.455 e. The van der Waals surface area contributed by atoms with Crippen molar-refractivity contribution in [2.24, 2.45) is 0 Å². The molecule has 137 heavy (non-hydrogen) atoms. The highest BCUT2D eigenvalue weighted by atomic mass is 32.1. The first-order valence-corrected chi connectivity index (χ1v) is 47.2. The summed E-state index contributed by atoms with van der Waals surface area (Å²) in [5, 5.41) is 22.6. The first-order chi connectivity index (χ1) is 67.9. The summed E-state index contributed by atoms with van der Waals surface area (Å²) in [5.74, 6) is 0. The topological polar surface area (TPSA) is 104 Å². The zero-order valence-electron chi connectivity index (χ0n) is 73.5. The van der Waals surface area contributed by atoms with Crippen molar-refractivity contribution >= 4 is 234 Å². The molecule has 0 aliphatic rings. The van der Waals surface area contributed by atoms with E-state index in [0.29, 0.717) is 0 Å². The van der Waals surface area contributed by atoms with Gasteiger partial charge in [0.15, 0.2) is 0 Å². The second-order valence-corrected chi connectivity index (χ2v) is 37.0. The number of para-hydroxylation sites is 11. The maximum atomic E-state index is 6.38. The van der Waals surface area contributed by atoms with Crippen LogP contribution in [-0.4, -0.2) is 43.1 Å². The van der Waals surface area contributed by atoms with Gasteiger partial charge in [0, 0.05) is 85.0 Å². The Hall–Kier alpha value is -18.2. The molecule has 0 saturated carbocycles. The smallest absolute Gasteiger partial charge is 0.147 e. The van der Waals surface area contributed by atoms with Gasteiger partial charge in [-0.25, -0.2) is 29.9 Å². The third-order valence-electron chi connectivity index (χ3n) is 28.2. The van der Waals surface area contributed by atoms with Crippen molar-refractivity contribution in [1.29, 1.82) is 0 Å². The first-order valence-electron chi connectivity index (χ1n) is 46.4. The Bertz CT molecular complexity index is 10600. The van der Waals surface area contributed by atoms with Crippen LogP contribution in [0.2, 0.25) is 0 Å². The number of benzene rings is 20. The fourth-order valence-corrected chi connectivity index (χ4v) is 22.8. The Labute approximate surface area is 785 Å². The van der Waals surface area contributed by atoms with Crippen LogP contribution in [0.15, 0.2) is 447 Å². The predicted molar refractivity (Wildman–Crippen MR) is 574 cm³/mol. The van der Waals surface area contributed by atoms with Crippen molar-refractivity contribution < 1.29 is 4.42 Å². The Kier molecular flexibility index (Phi) is 16.9. The molecule has 0 atom stereocenters. The summed E-state index contributed by atoms with van der Waals surface area (Å²) in [4.78, 5) is 30.9. The Morgan fingerprint density at radius 1 is 0.175 bits per heavy atom. The van der Waals surface area contributed by atoms with Crippen LogP contribution in [0.1, 0.15) is 0 Å². The van der Waals surface area contributed by atoms with Crippen molar-refractivity contribution in [3.8, 4) is 66.8 Å². The van der Waals surface area contributed by atoms with E-state index < -0.39 is 0 Å². The van der Waals surface area contributed by atoms with E-state index in [9.17, 15) is 0 Å². The number of pyridine rings is 6. The molecule has 634 valence electrons. The van der Waals surface area contributed by atoms with Crippen molar-refractivity contribution in [3.05, 3.63) is 443 Å². The molecule has 31 rings (SSSR count). The number of hydrogen-bond acceptors (Lipinski definition) is 8. The van der Waals surface area contributed by atoms with Gasteiger partial charge in [-0.2, -0.15) is 0 Å². The molecule has 0 saturated heterocycles. The number of thiophene rings is 1. The summed E-state index contributed by atoms with van der Waals surface area (Å²) in [5.41, 5.74) is 34.1. The third-order valence-corrected chi connectivity index (χ3v) is 29.3. The quantitative estimate of drug-likeness (QED) is 0.121.